The fraction of sp³-hybridized carbons (Fsp3) is 0.176. The standard InChI is InChI=1S/C17H15ClN2O2S/c1-3-22-17(21)13-5-4-6-15(20-13)23-16-10(2)19-14-9-11(18)7-8-12(14)16/h4-9,19H,3H2,1-2H3. The van der Waals surface area contributed by atoms with E-state index in [1.807, 2.05) is 37.3 Å². The zero-order chi connectivity index (χ0) is 16.4. The summed E-state index contributed by atoms with van der Waals surface area (Å²) in [4.78, 5) is 20.6. The van der Waals surface area contributed by atoms with Crippen LogP contribution in [0.1, 0.15) is 23.1 Å². The molecule has 0 radical (unpaired) electrons. The first-order valence-electron chi connectivity index (χ1n) is 7.18. The third-order valence-electron chi connectivity index (χ3n) is 3.30. The zero-order valence-corrected chi connectivity index (χ0v) is 14.3. The van der Waals surface area contributed by atoms with E-state index in [1.54, 1.807) is 13.0 Å². The van der Waals surface area contributed by atoms with Gasteiger partial charge in [-0.2, -0.15) is 0 Å². The second-order valence-corrected chi connectivity index (χ2v) is 6.42. The molecule has 4 nitrogen and oxygen atoms in total. The van der Waals surface area contributed by atoms with E-state index in [0.29, 0.717) is 17.3 Å². The normalized spacial score (nSPS) is 10.9. The predicted octanol–water partition coefficient (Wildman–Crippen LogP) is 4.85. The Labute approximate surface area is 143 Å². The van der Waals surface area contributed by atoms with E-state index in [4.69, 9.17) is 16.3 Å². The smallest absolute Gasteiger partial charge is 0.356 e. The van der Waals surface area contributed by atoms with Crippen LogP contribution < -0.4 is 0 Å². The highest BCUT2D eigenvalue weighted by molar-refractivity contribution is 7.99. The molecule has 0 aliphatic carbocycles. The van der Waals surface area contributed by atoms with E-state index in [9.17, 15) is 4.79 Å². The number of ether oxygens (including phenoxy) is 1. The van der Waals surface area contributed by atoms with Gasteiger partial charge < -0.3 is 9.72 Å². The van der Waals surface area contributed by atoms with Crippen molar-refractivity contribution in [1.29, 1.82) is 0 Å². The lowest BCUT2D eigenvalue weighted by Crippen LogP contribution is -2.07. The van der Waals surface area contributed by atoms with Crippen LogP contribution in [0.15, 0.2) is 46.3 Å². The van der Waals surface area contributed by atoms with E-state index in [0.717, 1.165) is 26.5 Å². The Morgan fingerprint density at radius 1 is 1.35 bits per heavy atom. The minimum atomic E-state index is -0.405. The molecule has 2 heterocycles. The number of hydrogen-bond acceptors (Lipinski definition) is 4. The van der Waals surface area contributed by atoms with Crippen LogP contribution in [0.5, 0.6) is 0 Å². The number of halogens is 1. The molecule has 0 spiro atoms. The molecule has 0 saturated heterocycles. The van der Waals surface area contributed by atoms with Crippen molar-refractivity contribution in [2.45, 2.75) is 23.8 Å². The summed E-state index contributed by atoms with van der Waals surface area (Å²) in [6.07, 6.45) is 0. The number of carbonyl (C=O) groups is 1. The van der Waals surface area contributed by atoms with Crippen LogP contribution in [0.25, 0.3) is 10.9 Å². The maximum absolute atomic E-state index is 11.8. The lowest BCUT2D eigenvalue weighted by Gasteiger charge is -2.04. The van der Waals surface area contributed by atoms with Gasteiger partial charge in [-0.05, 0) is 38.1 Å². The first-order valence-corrected chi connectivity index (χ1v) is 8.37. The fourth-order valence-corrected chi connectivity index (χ4v) is 3.47. The SMILES string of the molecule is CCOC(=O)c1cccc(Sc2c(C)[nH]c3cc(Cl)ccc23)n1. The second-order valence-electron chi connectivity index (χ2n) is 4.95. The maximum atomic E-state index is 11.8. The molecule has 0 fully saturated rings. The van der Waals surface area contributed by atoms with Crippen molar-refractivity contribution >= 4 is 40.2 Å². The summed E-state index contributed by atoms with van der Waals surface area (Å²) in [6, 6.07) is 11.1. The number of aromatic amines is 1. The molecule has 3 rings (SSSR count). The average Bonchev–Trinajstić information content (AvgIpc) is 2.83. The largest absolute Gasteiger partial charge is 0.461 e. The molecular formula is C17H15ClN2O2S. The summed E-state index contributed by atoms with van der Waals surface area (Å²) in [5, 5.41) is 2.52. The number of rotatable bonds is 4. The minimum Gasteiger partial charge on any atom is -0.461 e. The van der Waals surface area contributed by atoms with Crippen molar-refractivity contribution in [3.05, 3.63) is 52.8 Å². The number of aromatic nitrogens is 2. The van der Waals surface area contributed by atoms with Crippen LogP contribution in [0.2, 0.25) is 5.02 Å². The number of carbonyl (C=O) groups excluding carboxylic acids is 1. The molecule has 3 aromatic rings. The van der Waals surface area contributed by atoms with E-state index < -0.39 is 5.97 Å². The van der Waals surface area contributed by atoms with Crippen LogP contribution in [-0.4, -0.2) is 22.5 Å². The summed E-state index contributed by atoms with van der Waals surface area (Å²) in [5.74, 6) is -0.405. The second kappa shape index (κ2) is 6.64. The van der Waals surface area contributed by atoms with Gasteiger partial charge in [-0.15, -0.1) is 0 Å². The zero-order valence-electron chi connectivity index (χ0n) is 12.7. The molecule has 0 aliphatic heterocycles. The fourth-order valence-electron chi connectivity index (χ4n) is 2.31. The van der Waals surface area contributed by atoms with Crippen molar-refractivity contribution < 1.29 is 9.53 Å². The Morgan fingerprint density at radius 3 is 2.96 bits per heavy atom. The van der Waals surface area contributed by atoms with Crippen molar-refractivity contribution in [3.8, 4) is 0 Å². The highest BCUT2D eigenvalue weighted by atomic mass is 35.5. The molecule has 0 atom stereocenters. The number of esters is 1. The van der Waals surface area contributed by atoms with Gasteiger partial charge in [0.15, 0.2) is 0 Å². The lowest BCUT2D eigenvalue weighted by molar-refractivity contribution is 0.0518. The van der Waals surface area contributed by atoms with Gasteiger partial charge in [0, 0.05) is 26.5 Å². The summed E-state index contributed by atoms with van der Waals surface area (Å²) in [6.45, 7) is 4.11. The molecule has 23 heavy (non-hydrogen) atoms. The number of benzene rings is 1. The molecule has 6 heteroatoms. The van der Waals surface area contributed by atoms with Crippen molar-refractivity contribution in [3.63, 3.8) is 0 Å². The van der Waals surface area contributed by atoms with Gasteiger partial charge in [-0.3, -0.25) is 0 Å². The quantitative estimate of drug-likeness (QED) is 0.686. The molecule has 0 aliphatic rings. The first-order chi connectivity index (χ1) is 11.1. The van der Waals surface area contributed by atoms with Gasteiger partial charge in [0.05, 0.1) is 6.61 Å². The summed E-state index contributed by atoms with van der Waals surface area (Å²) >= 11 is 7.55. The van der Waals surface area contributed by atoms with Crippen LogP contribution in [0, 0.1) is 6.92 Å². The molecule has 0 amide bonds. The van der Waals surface area contributed by atoms with Gasteiger partial charge in [0.1, 0.15) is 10.7 Å². The number of pyridine rings is 1. The Bertz CT molecular complexity index is 876. The molecule has 0 bridgehead atoms. The predicted molar refractivity (Wildman–Crippen MR) is 92.4 cm³/mol. The molecular weight excluding hydrogens is 332 g/mol. The Kier molecular flexibility index (Phi) is 4.59. The monoisotopic (exact) mass is 346 g/mol. The molecule has 1 aromatic carbocycles. The van der Waals surface area contributed by atoms with Gasteiger partial charge in [-0.25, -0.2) is 9.78 Å². The van der Waals surface area contributed by atoms with Gasteiger partial charge in [-0.1, -0.05) is 35.5 Å². The lowest BCUT2D eigenvalue weighted by atomic mass is 10.2. The summed E-state index contributed by atoms with van der Waals surface area (Å²) in [7, 11) is 0. The summed E-state index contributed by atoms with van der Waals surface area (Å²) < 4.78 is 4.99. The van der Waals surface area contributed by atoms with Crippen molar-refractivity contribution in [1.82, 2.24) is 9.97 Å². The van der Waals surface area contributed by atoms with Crippen molar-refractivity contribution in [2.75, 3.05) is 6.61 Å². The Morgan fingerprint density at radius 2 is 2.17 bits per heavy atom. The third-order valence-corrected chi connectivity index (χ3v) is 4.71. The van der Waals surface area contributed by atoms with Crippen molar-refractivity contribution in [2.24, 2.45) is 0 Å². The Hall–Kier alpha value is -1.98. The third kappa shape index (κ3) is 3.35. The van der Waals surface area contributed by atoms with E-state index in [1.165, 1.54) is 11.8 Å². The van der Waals surface area contributed by atoms with E-state index in [2.05, 4.69) is 9.97 Å². The van der Waals surface area contributed by atoms with Gasteiger partial charge >= 0.3 is 5.97 Å². The topological polar surface area (TPSA) is 55.0 Å². The molecule has 1 N–H and O–H groups in total. The molecule has 118 valence electrons. The highest BCUT2D eigenvalue weighted by Crippen LogP contribution is 2.36. The summed E-state index contributed by atoms with van der Waals surface area (Å²) in [5.41, 5.74) is 2.34. The van der Waals surface area contributed by atoms with Gasteiger partial charge in [0.2, 0.25) is 0 Å². The number of nitrogens with zero attached hydrogens (tertiary/aromatic N) is 1. The first kappa shape index (κ1) is 15.9. The number of hydrogen-bond donors (Lipinski definition) is 1. The molecule has 0 saturated carbocycles. The van der Waals surface area contributed by atoms with Gasteiger partial charge in [0.25, 0.3) is 0 Å². The number of fused-ring (bicyclic) bond motifs is 1. The highest BCUT2D eigenvalue weighted by Gasteiger charge is 2.13. The minimum absolute atomic E-state index is 0.317. The van der Waals surface area contributed by atoms with Crippen LogP contribution in [-0.2, 0) is 4.74 Å². The number of nitrogens with one attached hydrogen (secondary N) is 1. The molecule has 2 aromatic heterocycles. The van der Waals surface area contributed by atoms with Crippen LogP contribution >= 0.6 is 23.4 Å². The van der Waals surface area contributed by atoms with Crippen LogP contribution in [0.3, 0.4) is 0 Å². The maximum Gasteiger partial charge on any atom is 0.356 e. The Balaban J connectivity index is 1.95. The number of aryl methyl sites for hydroxylation is 1. The average molecular weight is 347 g/mol. The van der Waals surface area contributed by atoms with E-state index >= 15 is 0 Å². The van der Waals surface area contributed by atoms with Crippen LogP contribution in [0.4, 0.5) is 0 Å². The van der Waals surface area contributed by atoms with E-state index in [-0.39, 0.29) is 0 Å². The number of H-pyrrole nitrogens is 1. The molecule has 0 unspecified atom stereocenters.